The van der Waals surface area contributed by atoms with E-state index in [1.54, 1.807) is 4.90 Å². The molecule has 1 aliphatic heterocycles. The van der Waals surface area contributed by atoms with Crippen molar-refractivity contribution in [3.63, 3.8) is 0 Å². The van der Waals surface area contributed by atoms with Gasteiger partial charge in [-0.2, -0.15) is 0 Å². The Kier molecular flexibility index (Phi) is 6.72. The predicted octanol–water partition coefficient (Wildman–Crippen LogP) is 2.49. The molecule has 2 heterocycles. The number of nitrogens with one attached hydrogen (secondary N) is 1. The minimum atomic E-state index is -0.819. The molecule has 0 unspecified atom stereocenters. The maximum Gasteiger partial charge on any atom is 0.409 e. The van der Waals surface area contributed by atoms with E-state index in [0.29, 0.717) is 24.6 Å². The molecule has 0 aliphatic carbocycles. The minimum absolute atomic E-state index is 0.217. The number of aromatic nitrogens is 1. The summed E-state index contributed by atoms with van der Waals surface area (Å²) in [6.07, 6.45) is 4.39. The van der Waals surface area contributed by atoms with E-state index < -0.39 is 11.9 Å². The first kappa shape index (κ1) is 19.6. The summed E-state index contributed by atoms with van der Waals surface area (Å²) in [5, 5.41) is 13.6. The fourth-order valence-electron chi connectivity index (χ4n) is 3.42. The van der Waals surface area contributed by atoms with Gasteiger partial charge in [-0.05, 0) is 45.1 Å². The summed E-state index contributed by atoms with van der Waals surface area (Å²) in [4.78, 5) is 17.2. The van der Waals surface area contributed by atoms with Crippen LogP contribution in [0, 0.1) is 11.7 Å². The highest BCUT2D eigenvalue weighted by Gasteiger charge is 2.29. The summed E-state index contributed by atoms with van der Waals surface area (Å²) in [6.45, 7) is 5.88. The maximum absolute atomic E-state index is 13.2. The second kappa shape index (κ2) is 8.58. The molecule has 0 aromatic carbocycles. The Morgan fingerprint density at radius 2 is 2.32 bits per heavy atom. The summed E-state index contributed by atoms with van der Waals surface area (Å²) in [6, 6.07) is 1.29. The van der Waals surface area contributed by atoms with Crippen molar-refractivity contribution in [1.29, 1.82) is 0 Å². The highest BCUT2D eigenvalue weighted by Crippen LogP contribution is 2.26. The van der Waals surface area contributed by atoms with Gasteiger partial charge in [0, 0.05) is 36.9 Å². The van der Waals surface area contributed by atoms with E-state index in [-0.39, 0.29) is 11.6 Å². The summed E-state index contributed by atoms with van der Waals surface area (Å²) in [5.41, 5.74) is 0.240. The Morgan fingerprint density at radius 1 is 1.56 bits per heavy atom. The Labute approximate surface area is 148 Å². The molecule has 1 aliphatic rings. The fourth-order valence-corrected chi connectivity index (χ4v) is 3.42. The molecule has 2 rings (SSSR count). The van der Waals surface area contributed by atoms with E-state index >= 15 is 0 Å². The highest BCUT2D eigenvalue weighted by molar-refractivity contribution is 5.67. The second-order valence-corrected chi connectivity index (χ2v) is 7.35. The number of carbonyl (C=O) groups excluding carboxylic acids is 1. The molecule has 1 aromatic heterocycles. The zero-order valence-corrected chi connectivity index (χ0v) is 15.2. The number of methoxy groups -OCH3 is 1. The number of carbonyl (C=O) groups is 1. The topological polar surface area (TPSA) is 74.7 Å². The van der Waals surface area contributed by atoms with Gasteiger partial charge in [-0.25, -0.2) is 9.18 Å². The van der Waals surface area contributed by atoms with Crippen molar-refractivity contribution in [1.82, 2.24) is 15.2 Å². The molecule has 6 nitrogen and oxygen atoms in total. The van der Waals surface area contributed by atoms with Gasteiger partial charge in [0.2, 0.25) is 0 Å². The number of amides is 1. The molecule has 1 fully saturated rings. The molecule has 140 valence electrons. The van der Waals surface area contributed by atoms with Gasteiger partial charge in [0.05, 0.1) is 19.4 Å². The van der Waals surface area contributed by atoms with Crippen LogP contribution in [0.5, 0.6) is 0 Å². The van der Waals surface area contributed by atoms with Gasteiger partial charge in [-0.3, -0.25) is 4.98 Å². The number of hydrogen-bond acceptors (Lipinski definition) is 5. The average molecular weight is 353 g/mol. The van der Waals surface area contributed by atoms with Crippen LogP contribution in [0.3, 0.4) is 0 Å². The number of nitrogens with zero attached hydrogens (tertiary/aromatic N) is 2. The van der Waals surface area contributed by atoms with Crippen molar-refractivity contribution in [3.05, 3.63) is 29.8 Å². The molecule has 25 heavy (non-hydrogen) atoms. The number of ether oxygens (including phenoxy) is 1. The first-order chi connectivity index (χ1) is 11.8. The smallest absolute Gasteiger partial charge is 0.409 e. The lowest BCUT2D eigenvalue weighted by molar-refractivity contribution is 0.0927. The van der Waals surface area contributed by atoms with Crippen molar-refractivity contribution in [3.8, 4) is 0 Å². The van der Waals surface area contributed by atoms with Crippen LogP contribution in [0.15, 0.2) is 18.5 Å². The normalized spacial score (nSPS) is 19.6. The molecule has 7 heteroatoms. The lowest BCUT2D eigenvalue weighted by Crippen LogP contribution is -2.47. The van der Waals surface area contributed by atoms with E-state index in [2.05, 4.69) is 24.1 Å². The van der Waals surface area contributed by atoms with Gasteiger partial charge >= 0.3 is 6.09 Å². The molecule has 1 saturated heterocycles. The third-order valence-corrected chi connectivity index (χ3v) is 4.64. The number of aliphatic hydroxyl groups excluding tert-OH is 1. The number of hydrogen-bond donors (Lipinski definition) is 2. The lowest BCUT2D eigenvalue weighted by Gasteiger charge is -2.37. The van der Waals surface area contributed by atoms with Crippen LogP contribution in [-0.2, 0) is 4.74 Å². The number of β-amino-alcohol motifs (C(OH)–C–C–N with tert-alkyl or cyclic N) is 1. The molecule has 1 aromatic rings. The third kappa shape index (κ3) is 5.93. The Bertz CT molecular complexity index is 582. The monoisotopic (exact) mass is 353 g/mol. The van der Waals surface area contributed by atoms with Gasteiger partial charge in [0.25, 0.3) is 0 Å². The van der Waals surface area contributed by atoms with Gasteiger partial charge in [0.15, 0.2) is 0 Å². The number of likely N-dealkylation sites (tertiary alicyclic amines) is 1. The zero-order chi connectivity index (χ0) is 18.4. The molecule has 0 saturated carbocycles. The number of pyridine rings is 1. The summed E-state index contributed by atoms with van der Waals surface area (Å²) in [5.74, 6) is -0.0794. The standard InChI is InChI=1S/C18H28FN3O3/c1-18(2,8-13-5-4-6-22(12-13)17(24)25-3)21-11-16(23)14-7-15(19)10-20-9-14/h7,9-10,13,16,21,23H,4-6,8,11-12H2,1-3H3/t13-,16-/m0/s1. The molecule has 0 spiro atoms. The van der Waals surface area contributed by atoms with Crippen molar-refractivity contribution in [2.24, 2.45) is 5.92 Å². The first-order valence-electron chi connectivity index (χ1n) is 8.67. The van der Waals surface area contributed by atoms with Crippen LogP contribution in [0.1, 0.15) is 44.8 Å². The quantitative estimate of drug-likeness (QED) is 0.822. The van der Waals surface area contributed by atoms with Crippen LogP contribution >= 0.6 is 0 Å². The van der Waals surface area contributed by atoms with E-state index in [4.69, 9.17) is 4.74 Å². The van der Waals surface area contributed by atoms with Crippen molar-refractivity contribution in [2.75, 3.05) is 26.7 Å². The summed E-state index contributed by atoms with van der Waals surface area (Å²) in [7, 11) is 1.40. The van der Waals surface area contributed by atoms with Crippen LogP contribution in [0.4, 0.5) is 9.18 Å². The Balaban J connectivity index is 1.85. The molecular weight excluding hydrogens is 325 g/mol. The maximum atomic E-state index is 13.2. The first-order valence-corrected chi connectivity index (χ1v) is 8.67. The summed E-state index contributed by atoms with van der Waals surface area (Å²) >= 11 is 0. The number of rotatable bonds is 6. The van der Waals surface area contributed by atoms with E-state index in [1.165, 1.54) is 19.4 Å². The van der Waals surface area contributed by atoms with Crippen molar-refractivity contribution >= 4 is 6.09 Å². The molecule has 0 bridgehead atoms. The van der Waals surface area contributed by atoms with Crippen LogP contribution < -0.4 is 5.32 Å². The van der Waals surface area contributed by atoms with Gasteiger partial charge in [0.1, 0.15) is 5.82 Å². The van der Waals surface area contributed by atoms with E-state index in [9.17, 15) is 14.3 Å². The van der Waals surface area contributed by atoms with Gasteiger partial charge < -0.3 is 20.1 Å². The van der Waals surface area contributed by atoms with Crippen LogP contribution in [-0.4, -0.2) is 53.4 Å². The second-order valence-electron chi connectivity index (χ2n) is 7.35. The summed E-state index contributed by atoms with van der Waals surface area (Å²) < 4.78 is 18.0. The molecule has 2 atom stereocenters. The number of piperidine rings is 1. The molecule has 2 N–H and O–H groups in total. The SMILES string of the molecule is COC(=O)N1CCC[C@@H](CC(C)(C)NC[C@H](O)c2cncc(F)c2)C1. The Hall–Kier alpha value is -1.73. The lowest BCUT2D eigenvalue weighted by atomic mass is 9.85. The van der Waals surface area contributed by atoms with E-state index in [0.717, 1.165) is 32.0 Å². The van der Waals surface area contributed by atoms with Gasteiger partial charge in [-0.15, -0.1) is 0 Å². The largest absolute Gasteiger partial charge is 0.453 e. The van der Waals surface area contributed by atoms with Crippen LogP contribution in [0.25, 0.3) is 0 Å². The molecular formula is C18H28FN3O3. The van der Waals surface area contributed by atoms with E-state index in [1.807, 2.05) is 0 Å². The predicted molar refractivity (Wildman–Crippen MR) is 92.6 cm³/mol. The Morgan fingerprint density at radius 3 is 3.00 bits per heavy atom. The van der Waals surface area contributed by atoms with Crippen LogP contribution in [0.2, 0.25) is 0 Å². The number of aliphatic hydroxyl groups is 1. The van der Waals surface area contributed by atoms with Crippen molar-refractivity contribution in [2.45, 2.75) is 44.8 Å². The van der Waals surface area contributed by atoms with Gasteiger partial charge in [-0.1, -0.05) is 0 Å². The molecule has 1 amide bonds. The third-order valence-electron chi connectivity index (χ3n) is 4.64. The fraction of sp³-hybridized carbons (Fsp3) is 0.667. The average Bonchev–Trinajstić information content (AvgIpc) is 2.59. The zero-order valence-electron chi connectivity index (χ0n) is 15.2. The number of halogens is 1. The highest BCUT2D eigenvalue weighted by atomic mass is 19.1. The van der Waals surface area contributed by atoms with Crippen molar-refractivity contribution < 1.29 is 19.0 Å². The molecule has 0 radical (unpaired) electrons. The minimum Gasteiger partial charge on any atom is -0.453 e.